The molecule has 0 spiro atoms. The van der Waals surface area contributed by atoms with Crippen LogP contribution in [-0.4, -0.2) is 50.2 Å². The molecule has 0 atom stereocenters. The summed E-state index contributed by atoms with van der Waals surface area (Å²) in [6.45, 7) is 5.38. The van der Waals surface area contributed by atoms with E-state index in [1.54, 1.807) is 0 Å². The van der Waals surface area contributed by atoms with Crippen molar-refractivity contribution in [2.75, 3.05) is 39.4 Å². The third kappa shape index (κ3) is 3.45. The first-order valence-electron chi connectivity index (χ1n) is 8.06. The molecular formula is C17H23ClN2O2. The van der Waals surface area contributed by atoms with E-state index >= 15 is 0 Å². The van der Waals surface area contributed by atoms with Gasteiger partial charge >= 0.3 is 0 Å². The van der Waals surface area contributed by atoms with Crippen molar-refractivity contribution in [1.82, 2.24) is 10.2 Å². The highest BCUT2D eigenvalue weighted by atomic mass is 35.5. The van der Waals surface area contributed by atoms with Crippen LogP contribution in [0.4, 0.5) is 0 Å². The van der Waals surface area contributed by atoms with Gasteiger partial charge in [0.25, 0.3) is 0 Å². The lowest BCUT2D eigenvalue weighted by molar-refractivity contribution is -0.123. The number of hydrogen-bond donors (Lipinski definition) is 1. The largest absolute Gasteiger partial charge is 0.379 e. The van der Waals surface area contributed by atoms with Gasteiger partial charge in [-0.1, -0.05) is 29.8 Å². The van der Waals surface area contributed by atoms with Crippen LogP contribution in [0.25, 0.3) is 0 Å². The van der Waals surface area contributed by atoms with E-state index in [-0.39, 0.29) is 11.3 Å². The maximum absolute atomic E-state index is 12.5. The maximum atomic E-state index is 12.5. The minimum Gasteiger partial charge on any atom is -0.379 e. The van der Waals surface area contributed by atoms with Gasteiger partial charge < -0.3 is 10.1 Å². The number of amides is 1. The van der Waals surface area contributed by atoms with Gasteiger partial charge in [0.2, 0.25) is 5.91 Å². The highest BCUT2D eigenvalue weighted by molar-refractivity contribution is 6.31. The van der Waals surface area contributed by atoms with Gasteiger partial charge in [0, 0.05) is 24.7 Å². The van der Waals surface area contributed by atoms with Crippen molar-refractivity contribution < 1.29 is 9.53 Å². The number of halogens is 1. The summed E-state index contributed by atoms with van der Waals surface area (Å²) in [6, 6.07) is 7.69. The fourth-order valence-electron chi connectivity index (χ4n) is 3.09. The second kappa shape index (κ2) is 6.99. The molecule has 1 aromatic rings. The number of ether oxygens (including phenoxy) is 1. The van der Waals surface area contributed by atoms with Gasteiger partial charge in [-0.05, 0) is 37.4 Å². The molecular weight excluding hydrogens is 300 g/mol. The number of rotatable bonds is 6. The summed E-state index contributed by atoms with van der Waals surface area (Å²) in [5.41, 5.74) is 0.597. The van der Waals surface area contributed by atoms with Crippen molar-refractivity contribution in [3.63, 3.8) is 0 Å². The topological polar surface area (TPSA) is 41.6 Å². The van der Waals surface area contributed by atoms with Crippen LogP contribution < -0.4 is 5.32 Å². The van der Waals surface area contributed by atoms with E-state index in [0.717, 1.165) is 64.2 Å². The molecule has 22 heavy (non-hydrogen) atoms. The van der Waals surface area contributed by atoms with Crippen molar-refractivity contribution >= 4 is 17.5 Å². The fourth-order valence-corrected chi connectivity index (χ4v) is 3.41. The Morgan fingerprint density at radius 1 is 1.27 bits per heavy atom. The summed E-state index contributed by atoms with van der Waals surface area (Å²) in [4.78, 5) is 14.9. The molecule has 1 amide bonds. The first kappa shape index (κ1) is 15.8. The van der Waals surface area contributed by atoms with E-state index in [1.165, 1.54) is 0 Å². The summed E-state index contributed by atoms with van der Waals surface area (Å²) < 4.78 is 5.33. The molecule has 1 N–H and O–H groups in total. The lowest BCUT2D eigenvalue weighted by atomic mass is 9.95. The molecule has 0 aromatic heterocycles. The lowest BCUT2D eigenvalue weighted by Crippen LogP contribution is -2.39. The normalized spacial score (nSPS) is 20.6. The molecule has 2 fully saturated rings. The van der Waals surface area contributed by atoms with Crippen LogP contribution >= 0.6 is 11.6 Å². The van der Waals surface area contributed by atoms with E-state index in [4.69, 9.17) is 16.3 Å². The first-order chi connectivity index (χ1) is 10.7. The molecule has 5 heteroatoms. The number of benzene rings is 1. The third-order valence-corrected chi connectivity index (χ3v) is 4.94. The molecule has 0 unspecified atom stereocenters. The quantitative estimate of drug-likeness (QED) is 0.816. The average molecular weight is 323 g/mol. The summed E-state index contributed by atoms with van der Waals surface area (Å²) in [7, 11) is 0. The minimum atomic E-state index is -0.378. The molecule has 0 bridgehead atoms. The Morgan fingerprint density at radius 3 is 2.68 bits per heavy atom. The van der Waals surface area contributed by atoms with Crippen LogP contribution in [0, 0.1) is 0 Å². The smallest absolute Gasteiger partial charge is 0.230 e. The van der Waals surface area contributed by atoms with Gasteiger partial charge in [-0.15, -0.1) is 0 Å². The van der Waals surface area contributed by atoms with Gasteiger partial charge in [0.05, 0.1) is 18.6 Å². The molecule has 2 aliphatic rings. The summed E-state index contributed by atoms with van der Waals surface area (Å²) in [6.07, 6.45) is 2.77. The van der Waals surface area contributed by atoms with Gasteiger partial charge in [-0.25, -0.2) is 0 Å². The number of nitrogens with zero attached hydrogens (tertiary/aromatic N) is 1. The molecule has 1 aliphatic heterocycles. The molecule has 1 aliphatic carbocycles. The molecule has 3 rings (SSSR count). The monoisotopic (exact) mass is 322 g/mol. The van der Waals surface area contributed by atoms with E-state index in [2.05, 4.69) is 10.2 Å². The Kier molecular flexibility index (Phi) is 5.01. The van der Waals surface area contributed by atoms with E-state index < -0.39 is 0 Å². The SMILES string of the molecule is O=C(NCCCN1CCOCC1)C1(c2ccccc2Cl)CC1. The van der Waals surface area contributed by atoms with Crippen LogP contribution in [0.5, 0.6) is 0 Å². The van der Waals surface area contributed by atoms with Crippen LogP contribution in [0.1, 0.15) is 24.8 Å². The Hall–Kier alpha value is -1.10. The van der Waals surface area contributed by atoms with Crippen molar-refractivity contribution in [3.8, 4) is 0 Å². The van der Waals surface area contributed by atoms with Gasteiger partial charge in [-0.2, -0.15) is 0 Å². The molecule has 120 valence electrons. The molecule has 4 nitrogen and oxygen atoms in total. The van der Waals surface area contributed by atoms with Crippen molar-refractivity contribution in [2.45, 2.75) is 24.7 Å². The van der Waals surface area contributed by atoms with E-state index in [0.29, 0.717) is 5.02 Å². The Bertz CT molecular complexity index is 525. The first-order valence-corrected chi connectivity index (χ1v) is 8.44. The highest BCUT2D eigenvalue weighted by Crippen LogP contribution is 2.50. The minimum absolute atomic E-state index is 0.127. The second-order valence-electron chi connectivity index (χ2n) is 6.13. The third-order valence-electron chi connectivity index (χ3n) is 4.61. The van der Waals surface area contributed by atoms with Crippen molar-refractivity contribution in [3.05, 3.63) is 34.9 Å². The van der Waals surface area contributed by atoms with E-state index in [9.17, 15) is 4.79 Å². The van der Waals surface area contributed by atoms with Crippen LogP contribution in [0.3, 0.4) is 0 Å². The zero-order valence-corrected chi connectivity index (χ0v) is 13.6. The number of hydrogen-bond acceptors (Lipinski definition) is 3. The van der Waals surface area contributed by atoms with Crippen LogP contribution in [0.2, 0.25) is 5.02 Å². The zero-order valence-electron chi connectivity index (χ0n) is 12.8. The van der Waals surface area contributed by atoms with Crippen LogP contribution in [-0.2, 0) is 14.9 Å². The molecule has 1 aromatic carbocycles. The van der Waals surface area contributed by atoms with Crippen LogP contribution in [0.15, 0.2) is 24.3 Å². The number of morpholine rings is 1. The highest BCUT2D eigenvalue weighted by Gasteiger charge is 2.52. The summed E-state index contributed by atoms with van der Waals surface area (Å²) in [5, 5.41) is 3.79. The number of nitrogens with one attached hydrogen (secondary N) is 1. The van der Waals surface area contributed by atoms with Gasteiger partial charge in [0.1, 0.15) is 0 Å². The molecule has 1 saturated carbocycles. The summed E-state index contributed by atoms with van der Waals surface area (Å²) >= 11 is 6.26. The molecule has 1 heterocycles. The zero-order chi connectivity index (χ0) is 15.4. The van der Waals surface area contributed by atoms with E-state index in [1.807, 2.05) is 24.3 Å². The average Bonchev–Trinajstić information content (AvgIpc) is 3.34. The molecule has 0 radical (unpaired) electrons. The van der Waals surface area contributed by atoms with Crippen molar-refractivity contribution in [1.29, 1.82) is 0 Å². The number of carbonyl (C=O) groups excluding carboxylic acids is 1. The van der Waals surface area contributed by atoms with Gasteiger partial charge in [-0.3, -0.25) is 9.69 Å². The predicted molar refractivity (Wildman–Crippen MR) is 87.2 cm³/mol. The Labute approximate surface area is 136 Å². The Balaban J connectivity index is 1.47. The Morgan fingerprint density at radius 2 is 2.00 bits per heavy atom. The second-order valence-corrected chi connectivity index (χ2v) is 6.53. The lowest BCUT2D eigenvalue weighted by Gasteiger charge is -2.26. The predicted octanol–water partition coefficient (Wildman–Crippen LogP) is 2.21. The summed E-state index contributed by atoms with van der Waals surface area (Å²) in [5.74, 6) is 0.127. The fraction of sp³-hybridized carbons (Fsp3) is 0.588. The van der Waals surface area contributed by atoms with Gasteiger partial charge in [0.15, 0.2) is 0 Å². The number of carbonyl (C=O) groups is 1. The standard InChI is InChI=1S/C17H23ClN2O2/c18-15-5-2-1-4-14(15)17(6-7-17)16(21)19-8-3-9-20-10-12-22-13-11-20/h1-2,4-5H,3,6-13H2,(H,19,21). The maximum Gasteiger partial charge on any atom is 0.230 e. The molecule has 1 saturated heterocycles. The van der Waals surface area contributed by atoms with Crippen molar-refractivity contribution in [2.24, 2.45) is 0 Å².